The molecule has 0 N–H and O–H groups in total. The Bertz CT molecular complexity index is 250. The maximum atomic E-state index is 8.30. The van der Waals surface area contributed by atoms with E-state index in [4.69, 9.17) is 5.26 Å². The van der Waals surface area contributed by atoms with E-state index < -0.39 is 0 Å². The molecule has 1 aromatic carbocycles. The quantitative estimate of drug-likeness (QED) is 0.520. The number of thioether (sulfide) groups is 1. The second kappa shape index (κ2) is 5.68. The highest BCUT2D eigenvalue weighted by atomic mass is 32.2. The third kappa shape index (κ3) is 3.45. The second-order valence-electron chi connectivity index (χ2n) is 2.35. The van der Waals surface area contributed by atoms with Gasteiger partial charge in [0.1, 0.15) is 0 Å². The van der Waals surface area contributed by atoms with Crippen molar-refractivity contribution in [2.24, 2.45) is 0 Å². The fourth-order valence-electron chi connectivity index (χ4n) is 0.809. The standard InChI is InChI=1S/C10H10NS/c11-8-4-5-9-12-10-6-2-1-3-7-10/h2-3,6-7H,4-5,9H2. The fourth-order valence-corrected chi connectivity index (χ4v) is 1.66. The first-order chi connectivity index (χ1) is 5.93. The molecule has 0 saturated carbocycles. The van der Waals surface area contributed by atoms with Gasteiger partial charge in [-0.15, -0.1) is 11.8 Å². The summed E-state index contributed by atoms with van der Waals surface area (Å²) < 4.78 is 0. The maximum Gasteiger partial charge on any atom is 0.0622 e. The van der Waals surface area contributed by atoms with E-state index in [2.05, 4.69) is 12.1 Å². The van der Waals surface area contributed by atoms with Crippen LogP contribution in [0.15, 0.2) is 29.2 Å². The van der Waals surface area contributed by atoms with Crippen molar-refractivity contribution >= 4 is 11.8 Å². The molecule has 0 spiro atoms. The van der Waals surface area contributed by atoms with Crippen LogP contribution in [0.5, 0.6) is 0 Å². The number of rotatable bonds is 4. The number of unbranched alkanes of at least 4 members (excludes halogenated alkanes) is 1. The largest absolute Gasteiger partial charge is 0.198 e. The number of nitrogens with zero attached hydrogens (tertiary/aromatic N) is 1. The molecule has 0 aliphatic carbocycles. The van der Waals surface area contributed by atoms with Crippen molar-refractivity contribution in [3.63, 3.8) is 0 Å². The van der Waals surface area contributed by atoms with E-state index in [1.807, 2.05) is 24.3 Å². The van der Waals surface area contributed by atoms with Gasteiger partial charge in [-0.2, -0.15) is 5.26 Å². The van der Waals surface area contributed by atoms with Gasteiger partial charge in [0.2, 0.25) is 0 Å². The first-order valence-corrected chi connectivity index (χ1v) is 4.88. The van der Waals surface area contributed by atoms with Crippen LogP contribution in [0.3, 0.4) is 0 Å². The summed E-state index contributed by atoms with van der Waals surface area (Å²) >= 11 is 1.79. The Morgan fingerprint density at radius 1 is 1.42 bits per heavy atom. The maximum absolute atomic E-state index is 8.30. The SMILES string of the molecule is N#CCCCSc1cc[c]cc1. The first-order valence-electron chi connectivity index (χ1n) is 3.89. The number of benzene rings is 1. The minimum atomic E-state index is 0.659. The predicted molar refractivity (Wildman–Crippen MR) is 50.8 cm³/mol. The molecule has 0 heterocycles. The zero-order chi connectivity index (χ0) is 8.65. The average molecular weight is 176 g/mol. The molecule has 0 aromatic heterocycles. The van der Waals surface area contributed by atoms with E-state index in [0.29, 0.717) is 6.42 Å². The molecule has 61 valence electrons. The molecule has 0 bridgehead atoms. The van der Waals surface area contributed by atoms with Crippen LogP contribution in [0, 0.1) is 17.4 Å². The highest BCUT2D eigenvalue weighted by molar-refractivity contribution is 7.99. The first kappa shape index (κ1) is 9.15. The van der Waals surface area contributed by atoms with E-state index in [-0.39, 0.29) is 0 Å². The summed E-state index contributed by atoms with van der Waals surface area (Å²) in [6, 6.07) is 13.0. The van der Waals surface area contributed by atoms with Crippen LogP contribution < -0.4 is 0 Å². The molecule has 0 amide bonds. The smallest absolute Gasteiger partial charge is 0.0622 e. The number of hydrogen-bond donors (Lipinski definition) is 0. The predicted octanol–water partition coefficient (Wildman–Crippen LogP) is 2.88. The van der Waals surface area contributed by atoms with Gasteiger partial charge in [-0.3, -0.25) is 0 Å². The molecule has 0 aliphatic heterocycles. The van der Waals surface area contributed by atoms with Crippen molar-refractivity contribution in [1.29, 1.82) is 5.26 Å². The van der Waals surface area contributed by atoms with Crippen LogP contribution >= 0.6 is 11.8 Å². The van der Waals surface area contributed by atoms with Crippen LogP contribution in [0.1, 0.15) is 12.8 Å². The van der Waals surface area contributed by atoms with Gasteiger partial charge < -0.3 is 0 Å². The van der Waals surface area contributed by atoms with E-state index in [9.17, 15) is 0 Å². The van der Waals surface area contributed by atoms with Crippen molar-refractivity contribution in [3.05, 3.63) is 30.3 Å². The van der Waals surface area contributed by atoms with Crippen LogP contribution in [-0.4, -0.2) is 5.75 Å². The molecule has 0 aliphatic rings. The van der Waals surface area contributed by atoms with Crippen LogP contribution in [0.4, 0.5) is 0 Å². The Labute approximate surface area is 77.4 Å². The Kier molecular flexibility index (Phi) is 4.33. The van der Waals surface area contributed by atoms with E-state index >= 15 is 0 Å². The van der Waals surface area contributed by atoms with Gasteiger partial charge in [0.25, 0.3) is 0 Å². The van der Waals surface area contributed by atoms with E-state index in [1.54, 1.807) is 11.8 Å². The van der Waals surface area contributed by atoms with Gasteiger partial charge >= 0.3 is 0 Å². The zero-order valence-corrected chi connectivity index (χ0v) is 7.60. The molecule has 0 saturated heterocycles. The molecule has 1 nitrogen and oxygen atoms in total. The Morgan fingerprint density at radius 3 is 2.83 bits per heavy atom. The molecule has 0 atom stereocenters. The lowest BCUT2D eigenvalue weighted by Crippen LogP contribution is -1.78. The van der Waals surface area contributed by atoms with Crippen molar-refractivity contribution in [1.82, 2.24) is 0 Å². The molecule has 1 aromatic rings. The third-order valence-electron chi connectivity index (χ3n) is 1.39. The molecular weight excluding hydrogens is 166 g/mol. The topological polar surface area (TPSA) is 23.8 Å². The minimum absolute atomic E-state index is 0.659. The molecule has 0 unspecified atom stereocenters. The van der Waals surface area contributed by atoms with Gasteiger partial charge in [0, 0.05) is 11.3 Å². The van der Waals surface area contributed by atoms with Crippen molar-refractivity contribution in [2.45, 2.75) is 17.7 Å². The Hall–Kier alpha value is -0.940. The lowest BCUT2D eigenvalue weighted by Gasteiger charge is -1.97. The van der Waals surface area contributed by atoms with E-state index in [0.717, 1.165) is 12.2 Å². The molecule has 12 heavy (non-hydrogen) atoms. The van der Waals surface area contributed by atoms with Gasteiger partial charge in [0.05, 0.1) is 6.07 Å². The molecule has 0 fully saturated rings. The molecule has 1 rings (SSSR count). The summed E-state index contributed by atoms with van der Waals surface area (Å²) in [6.07, 6.45) is 1.63. The fraction of sp³-hybridized carbons (Fsp3) is 0.300. The lowest BCUT2D eigenvalue weighted by molar-refractivity contribution is 0.981. The number of nitriles is 1. The summed E-state index contributed by atoms with van der Waals surface area (Å²) in [5, 5.41) is 8.30. The normalized spacial score (nSPS) is 9.25. The molecule has 2 heteroatoms. The van der Waals surface area contributed by atoms with Crippen molar-refractivity contribution in [3.8, 4) is 6.07 Å². The summed E-state index contributed by atoms with van der Waals surface area (Å²) in [5.74, 6) is 1.03. The monoisotopic (exact) mass is 176 g/mol. The van der Waals surface area contributed by atoms with Gasteiger partial charge in [-0.1, -0.05) is 12.1 Å². The van der Waals surface area contributed by atoms with Crippen LogP contribution in [0.25, 0.3) is 0 Å². The summed E-state index contributed by atoms with van der Waals surface area (Å²) in [7, 11) is 0. The molecule has 1 radical (unpaired) electrons. The molecular formula is C10H10NS. The third-order valence-corrected chi connectivity index (χ3v) is 2.49. The van der Waals surface area contributed by atoms with Gasteiger partial charge in [-0.25, -0.2) is 0 Å². The van der Waals surface area contributed by atoms with Crippen LogP contribution in [-0.2, 0) is 0 Å². The average Bonchev–Trinajstić information content (AvgIpc) is 2.14. The summed E-state index contributed by atoms with van der Waals surface area (Å²) in [6.45, 7) is 0. The zero-order valence-electron chi connectivity index (χ0n) is 6.79. The Morgan fingerprint density at radius 2 is 2.17 bits per heavy atom. The second-order valence-corrected chi connectivity index (χ2v) is 3.51. The van der Waals surface area contributed by atoms with Crippen molar-refractivity contribution in [2.75, 3.05) is 5.75 Å². The van der Waals surface area contributed by atoms with Gasteiger partial charge in [-0.05, 0) is 30.4 Å². The summed E-state index contributed by atoms with van der Waals surface area (Å²) in [5.41, 5.74) is 0. The number of hydrogen-bond acceptors (Lipinski definition) is 2. The van der Waals surface area contributed by atoms with Crippen molar-refractivity contribution < 1.29 is 0 Å². The minimum Gasteiger partial charge on any atom is -0.198 e. The lowest BCUT2D eigenvalue weighted by atomic mass is 10.4. The highest BCUT2D eigenvalue weighted by Gasteiger charge is 1.91. The Balaban J connectivity index is 2.21. The van der Waals surface area contributed by atoms with Gasteiger partial charge in [0.15, 0.2) is 0 Å². The van der Waals surface area contributed by atoms with Crippen LogP contribution in [0.2, 0.25) is 0 Å². The summed E-state index contributed by atoms with van der Waals surface area (Å²) in [4.78, 5) is 1.26. The van der Waals surface area contributed by atoms with E-state index in [1.165, 1.54) is 4.90 Å². The highest BCUT2D eigenvalue weighted by Crippen LogP contribution is 2.17.